The van der Waals surface area contributed by atoms with E-state index in [1.54, 1.807) is 7.11 Å². The fourth-order valence-corrected chi connectivity index (χ4v) is 4.40. The van der Waals surface area contributed by atoms with Crippen molar-refractivity contribution in [1.29, 1.82) is 0 Å². The summed E-state index contributed by atoms with van der Waals surface area (Å²) in [6, 6.07) is 15.6. The van der Waals surface area contributed by atoms with Crippen molar-refractivity contribution in [3.05, 3.63) is 64.7 Å². The Morgan fingerprint density at radius 3 is 2.41 bits per heavy atom. The molecule has 2 aromatic carbocycles. The van der Waals surface area contributed by atoms with Gasteiger partial charge >= 0.3 is 0 Å². The number of hydrogen-bond donors (Lipinski definition) is 1. The quantitative estimate of drug-likeness (QED) is 0.787. The molecule has 4 heteroatoms. The molecular weight excluding hydrogens is 356 g/mol. The molecule has 0 radical (unpaired) electrons. The van der Waals surface area contributed by atoms with Gasteiger partial charge in [-0.15, -0.1) is 12.4 Å². The fraction of sp³-hybridized carbons (Fsp3) is 0.478. The van der Waals surface area contributed by atoms with Gasteiger partial charge < -0.3 is 10.1 Å². The average Bonchev–Trinajstić information content (AvgIpc) is 3.10. The van der Waals surface area contributed by atoms with Crippen LogP contribution in [0.5, 0.6) is 5.75 Å². The number of nitrogens with one attached hydrogen (secondary N) is 1. The van der Waals surface area contributed by atoms with E-state index in [2.05, 4.69) is 52.7 Å². The van der Waals surface area contributed by atoms with Crippen molar-refractivity contribution in [3.63, 3.8) is 0 Å². The molecule has 146 valence electrons. The summed E-state index contributed by atoms with van der Waals surface area (Å²) in [5.74, 6) is 1.93. The summed E-state index contributed by atoms with van der Waals surface area (Å²) in [5, 5.41) is 3.45. The van der Waals surface area contributed by atoms with E-state index in [4.69, 9.17) is 4.74 Å². The van der Waals surface area contributed by atoms with Crippen molar-refractivity contribution in [2.45, 2.75) is 45.3 Å². The Morgan fingerprint density at radius 1 is 1.04 bits per heavy atom. The van der Waals surface area contributed by atoms with Crippen molar-refractivity contribution < 1.29 is 4.74 Å². The highest BCUT2D eigenvalue weighted by atomic mass is 35.5. The van der Waals surface area contributed by atoms with E-state index in [0.717, 1.165) is 37.7 Å². The maximum Gasteiger partial charge on any atom is 0.122 e. The molecule has 0 unspecified atom stereocenters. The molecule has 0 aromatic heterocycles. The molecule has 1 N–H and O–H groups in total. The first-order valence-corrected chi connectivity index (χ1v) is 9.97. The zero-order chi connectivity index (χ0) is 17.8. The van der Waals surface area contributed by atoms with Crippen LogP contribution < -0.4 is 10.1 Å². The van der Waals surface area contributed by atoms with E-state index in [9.17, 15) is 0 Å². The van der Waals surface area contributed by atoms with Crippen molar-refractivity contribution in [2.24, 2.45) is 5.92 Å². The van der Waals surface area contributed by atoms with Crippen LogP contribution in [0.25, 0.3) is 0 Å². The van der Waals surface area contributed by atoms with E-state index in [0.29, 0.717) is 0 Å². The molecule has 3 nitrogen and oxygen atoms in total. The van der Waals surface area contributed by atoms with Gasteiger partial charge in [0.25, 0.3) is 0 Å². The third kappa shape index (κ3) is 5.04. The van der Waals surface area contributed by atoms with Gasteiger partial charge in [0.2, 0.25) is 0 Å². The van der Waals surface area contributed by atoms with Gasteiger partial charge in [-0.2, -0.15) is 0 Å². The van der Waals surface area contributed by atoms with Crippen LogP contribution in [0.1, 0.15) is 41.5 Å². The van der Waals surface area contributed by atoms with E-state index < -0.39 is 0 Å². The van der Waals surface area contributed by atoms with E-state index in [1.807, 2.05) is 0 Å². The topological polar surface area (TPSA) is 24.5 Å². The normalized spacial score (nSPS) is 17.4. The second-order valence-corrected chi connectivity index (χ2v) is 7.79. The maximum absolute atomic E-state index is 5.72. The summed E-state index contributed by atoms with van der Waals surface area (Å²) in [6.45, 7) is 5.45. The van der Waals surface area contributed by atoms with Gasteiger partial charge in [0.05, 0.1) is 7.11 Å². The fourth-order valence-electron chi connectivity index (χ4n) is 4.40. The van der Waals surface area contributed by atoms with Gasteiger partial charge in [-0.1, -0.05) is 36.4 Å². The van der Waals surface area contributed by atoms with Gasteiger partial charge in [0, 0.05) is 19.6 Å². The Kier molecular flexibility index (Phi) is 7.17. The number of rotatable bonds is 6. The van der Waals surface area contributed by atoms with Crippen LogP contribution in [0.15, 0.2) is 42.5 Å². The zero-order valence-electron chi connectivity index (χ0n) is 16.2. The lowest BCUT2D eigenvalue weighted by Gasteiger charge is -2.23. The van der Waals surface area contributed by atoms with Crippen LogP contribution in [0.4, 0.5) is 0 Å². The summed E-state index contributed by atoms with van der Waals surface area (Å²) in [6.07, 6.45) is 5.04. The number of ether oxygens (including phenoxy) is 1. The molecule has 4 rings (SSSR count). The number of fused-ring (bicyclic) bond motifs is 1. The molecule has 27 heavy (non-hydrogen) atoms. The molecule has 2 aliphatic rings. The Morgan fingerprint density at radius 2 is 1.74 bits per heavy atom. The zero-order valence-corrected chi connectivity index (χ0v) is 17.1. The van der Waals surface area contributed by atoms with Gasteiger partial charge in [0.1, 0.15) is 5.75 Å². The Labute approximate surface area is 169 Å². The molecule has 1 saturated heterocycles. The van der Waals surface area contributed by atoms with Crippen molar-refractivity contribution in [1.82, 2.24) is 10.2 Å². The van der Waals surface area contributed by atoms with Crippen LogP contribution in [-0.2, 0) is 26.1 Å². The standard InChI is InChI=1S/C23H30N2O.ClH/c1-26-23-14-19(15-25-16-21-4-2-3-5-22(21)17-25)7-9-20(23)8-6-18-10-12-24-13-11-18;/h2-5,7,9,14,18,24H,6,8,10-13,15-17H2,1H3;1H. The molecule has 0 atom stereocenters. The van der Waals surface area contributed by atoms with Crippen molar-refractivity contribution in [2.75, 3.05) is 20.2 Å². The lowest BCUT2D eigenvalue weighted by atomic mass is 9.91. The third-order valence-electron chi connectivity index (χ3n) is 5.94. The Balaban J connectivity index is 0.00000210. The second-order valence-electron chi connectivity index (χ2n) is 7.79. The first-order valence-electron chi connectivity index (χ1n) is 9.97. The molecule has 0 bridgehead atoms. The SMILES string of the molecule is COc1cc(CN2Cc3ccccc3C2)ccc1CCC1CCNCC1.Cl. The number of piperidine rings is 1. The number of methoxy groups -OCH3 is 1. The molecule has 0 saturated carbocycles. The number of halogens is 1. The summed E-state index contributed by atoms with van der Waals surface area (Å²) in [7, 11) is 1.80. The summed E-state index contributed by atoms with van der Waals surface area (Å²) >= 11 is 0. The minimum Gasteiger partial charge on any atom is -0.496 e. The number of nitrogens with zero attached hydrogens (tertiary/aromatic N) is 1. The average molecular weight is 387 g/mol. The van der Waals surface area contributed by atoms with Crippen molar-refractivity contribution >= 4 is 12.4 Å². The second kappa shape index (κ2) is 9.59. The van der Waals surface area contributed by atoms with Crippen LogP contribution >= 0.6 is 12.4 Å². The highest BCUT2D eigenvalue weighted by Gasteiger charge is 2.19. The monoisotopic (exact) mass is 386 g/mol. The van der Waals surface area contributed by atoms with Gasteiger partial charge in [-0.3, -0.25) is 4.90 Å². The maximum atomic E-state index is 5.72. The predicted octanol–water partition coefficient (Wildman–Crippen LogP) is 4.57. The minimum atomic E-state index is 0. The highest BCUT2D eigenvalue weighted by molar-refractivity contribution is 5.85. The largest absolute Gasteiger partial charge is 0.496 e. The minimum absolute atomic E-state index is 0. The first-order chi connectivity index (χ1) is 12.8. The van der Waals surface area contributed by atoms with Crippen LogP contribution in [0.2, 0.25) is 0 Å². The molecule has 2 heterocycles. The summed E-state index contributed by atoms with van der Waals surface area (Å²) in [5.41, 5.74) is 5.65. The number of aryl methyl sites for hydroxylation is 1. The predicted molar refractivity (Wildman–Crippen MR) is 114 cm³/mol. The van der Waals surface area contributed by atoms with Crippen LogP contribution in [-0.4, -0.2) is 25.1 Å². The number of hydrogen-bond acceptors (Lipinski definition) is 3. The molecule has 0 aliphatic carbocycles. The third-order valence-corrected chi connectivity index (χ3v) is 5.94. The molecule has 0 spiro atoms. The first kappa shape index (κ1) is 20.2. The van der Waals surface area contributed by atoms with Gasteiger partial charge in [0.15, 0.2) is 0 Å². The van der Waals surface area contributed by atoms with E-state index in [-0.39, 0.29) is 12.4 Å². The number of benzene rings is 2. The van der Waals surface area contributed by atoms with Crippen LogP contribution in [0, 0.1) is 5.92 Å². The van der Waals surface area contributed by atoms with Crippen LogP contribution in [0.3, 0.4) is 0 Å². The molecule has 2 aromatic rings. The highest BCUT2D eigenvalue weighted by Crippen LogP contribution is 2.28. The van der Waals surface area contributed by atoms with E-state index >= 15 is 0 Å². The molecule has 1 fully saturated rings. The van der Waals surface area contributed by atoms with Crippen molar-refractivity contribution in [3.8, 4) is 5.75 Å². The summed E-state index contributed by atoms with van der Waals surface area (Å²) < 4.78 is 5.72. The Bertz CT molecular complexity index is 718. The van der Waals surface area contributed by atoms with Gasteiger partial charge in [-0.05, 0) is 73.0 Å². The summed E-state index contributed by atoms with van der Waals surface area (Å²) in [4.78, 5) is 2.51. The smallest absolute Gasteiger partial charge is 0.122 e. The lowest BCUT2D eigenvalue weighted by molar-refractivity contribution is 0.275. The molecule has 2 aliphatic heterocycles. The lowest BCUT2D eigenvalue weighted by Crippen LogP contribution is -2.27. The van der Waals surface area contributed by atoms with Gasteiger partial charge in [-0.25, -0.2) is 0 Å². The molecular formula is C23H31ClN2O. The molecule has 0 amide bonds. The van der Waals surface area contributed by atoms with E-state index in [1.165, 1.54) is 54.6 Å². The Hall–Kier alpha value is -1.55.